The number of piperazine rings is 1. The van der Waals surface area contributed by atoms with E-state index in [-0.39, 0.29) is 23.5 Å². The second-order valence-electron chi connectivity index (χ2n) is 9.85. The van der Waals surface area contributed by atoms with Crippen LogP contribution in [0.1, 0.15) is 36.3 Å². The van der Waals surface area contributed by atoms with Crippen LogP contribution in [-0.4, -0.2) is 69.2 Å². The van der Waals surface area contributed by atoms with Gasteiger partial charge in [0.1, 0.15) is 23.1 Å². The number of methoxy groups -OCH3 is 2. The molecule has 1 N–H and O–H groups in total. The fraction of sp³-hybridized carbons (Fsp3) is 0.387. The van der Waals surface area contributed by atoms with Gasteiger partial charge in [0.15, 0.2) is 0 Å². The van der Waals surface area contributed by atoms with Crippen molar-refractivity contribution in [3.8, 4) is 11.5 Å². The van der Waals surface area contributed by atoms with Gasteiger partial charge in [-0.1, -0.05) is 24.3 Å². The van der Waals surface area contributed by atoms with E-state index in [0.29, 0.717) is 30.2 Å². The molecule has 0 aromatic heterocycles. The summed E-state index contributed by atoms with van der Waals surface area (Å²) < 4.78 is 37.6. The van der Waals surface area contributed by atoms with E-state index < -0.39 is 0 Å². The van der Waals surface area contributed by atoms with Gasteiger partial charge in [0.25, 0.3) is 0 Å². The Hall–Kier alpha value is -3.49. The van der Waals surface area contributed by atoms with Crippen LogP contribution in [0.4, 0.5) is 14.5 Å². The summed E-state index contributed by atoms with van der Waals surface area (Å²) >= 11 is 0. The molecule has 1 heterocycles. The second-order valence-corrected chi connectivity index (χ2v) is 9.85. The van der Waals surface area contributed by atoms with Crippen LogP contribution in [0.25, 0.3) is 0 Å². The largest absolute Gasteiger partial charge is 0.497 e. The van der Waals surface area contributed by atoms with Gasteiger partial charge in [-0.3, -0.25) is 4.79 Å². The van der Waals surface area contributed by atoms with E-state index in [4.69, 9.17) is 9.47 Å². The Kier molecular flexibility index (Phi) is 10.3. The van der Waals surface area contributed by atoms with Crippen LogP contribution in [0.5, 0.6) is 11.5 Å². The molecule has 1 fully saturated rings. The lowest BCUT2D eigenvalue weighted by molar-refractivity contribution is -0.116. The summed E-state index contributed by atoms with van der Waals surface area (Å²) in [6.45, 7) is 5.38. The van der Waals surface area contributed by atoms with Crippen molar-refractivity contribution in [2.75, 3.05) is 58.8 Å². The Morgan fingerprint density at radius 1 is 0.821 bits per heavy atom. The number of benzene rings is 3. The molecule has 3 aromatic rings. The highest BCUT2D eigenvalue weighted by Crippen LogP contribution is 2.30. The zero-order chi connectivity index (χ0) is 27.6. The van der Waals surface area contributed by atoms with Crippen molar-refractivity contribution in [1.29, 1.82) is 0 Å². The molecular weight excluding hydrogens is 500 g/mol. The molecule has 0 unspecified atom stereocenters. The Labute approximate surface area is 229 Å². The molecule has 8 heteroatoms. The molecule has 0 spiro atoms. The monoisotopic (exact) mass is 537 g/mol. The third-order valence-corrected chi connectivity index (χ3v) is 7.31. The molecule has 3 aromatic carbocycles. The summed E-state index contributed by atoms with van der Waals surface area (Å²) in [6.07, 6.45) is 2.27. The lowest BCUT2D eigenvalue weighted by Crippen LogP contribution is -2.47. The highest BCUT2D eigenvalue weighted by Gasteiger charge is 2.20. The van der Waals surface area contributed by atoms with E-state index >= 15 is 0 Å². The Bertz CT molecular complexity index is 1150. The zero-order valence-electron chi connectivity index (χ0n) is 22.7. The normalized spacial score (nSPS) is 14.4. The van der Waals surface area contributed by atoms with Gasteiger partial charge in [-0.05, 0) is 66.9 Å². The first-order chi connectivity index (χ1) is 18.9. The topological polar surface area (TPSA) is 54.0 Å². The minimum absolute atomic E-state index is 0.0587. The van der Waals surface area contributed by atoms with Gasteiger partial charge in [0.2, 0.25) is 5.91 Å². The number of hydrogen-bond donors (Lipinski definition) is 1. The summed E-state index contributed by atoms with van der Waals surface area (Å²) in [7, 11) is 3.16. The molecular formula is C31H37F2N3O3. The average Bonchev–Trinajstić information content (AvgIpc) is 2.96. The third kappa shape index (κ3) is 8.25. The molecule has 39 heavy (non-hydrogen) atoms. The molecule has 0 saturated carbocycles. The summed E-state index contributed by atoms with van der Waals surface area (Å²) in [5, 5.41) is 2.93. The summed E-state index contributed by atoms with van der Waals surface area (Å²) in [5.41, 5.74) is 2.68. The van der Waals surface area contributed by atoms with Gasteiger partial charge in [-0.25, -0.2) is 8.78 Å². The minimum atomic E-state index is -0.257. The number of rotatable bonds is 12. The smallest absolute Gasteiger partial charge is 0.225 e. The molecule has 1 saturated heterocycles. The summed E-state index contributed by atoms with van der Waals surface area (Å²) in [4.78, 5) is 17.3. The first kappa shape index (κ1) is 28.5. The first-order valence-corrected chi connectivity index (χ1v) is 13.4. The van der Waals surface area contributed by atoms with E-state index in [2.05, 4.69) is 15.1 Å². The Morgan fingerprint density at radius 2 is 1.38 bits per heavy atom. The van der Waals surface area contributed by atoms with Gasteiger partial charge < -0.3 is 24.6 Å². The molecule has 6 nitrogen and oxygen atoms in total. The molecule has 4 rings (SSSR count). The van der Waals surface area contributed by atoms with Crippen molar-refractivity contribution >= 4 is 11.6 Å². The molecule has 208 valence electrons. The van der Waals surface area contributed by atoms with E-state index in [1.807, 2.05) is 24.3 Å². The van der Waals surface area contributed by atoms with E-state index in [1.54, 1.807) is 32.4 Å². The maximum Gasteiger partial charge on any atom is 0.225 e. The van der Waals surface area contributed by atoms with Crippen LogP contribution in [0.2, 0.25) is 0 Å². The molecule has 0 atom stereocenters. The fourth-order valence-corrected chi connectivity index (χ4v) is 5.06. The van der Waals surface area contributed by atoms with Gasteiger partial charge >= 0.3 is 0 Å². The first-order valence-electron chi connectivity index (χ1n) is 13.4. The number of nitrogens with zero attached hydrogens (tertiary/aromatic N) is 2. The van der Waals surface area contributed by atoms with Crippen LogP contribution in [0, 0.1) is 11.6 Å². The van der Waals surface area contributed by atoms with Gasteiger partial charge in [-0.15, -0.1) is 0 Å². The van der Waals surface area contributed by atoms with Crippen LogP contribution >= 0.6 is 0 Å². The number of hydrogen-bond acceptors (Lipinski definition) is 5. The third-order valence-electron chi connectivity index (χ3n) is 7.31. The number of ether oxygens (including phenoxy) is 2. The van der Waals surface area contributed by atoms with E-state index in [9.17, 15) is 13.6 Å². The minimum Gasteiger partial charge on any atom is -0.497 e. The van der Waals surface area contributed by atoms with Crippen LogP contribution in [0.3, 0.4) is 0 Å². The number of carbonyl (C=O) groups is 1. The number of nitrogens with one attached hydrogen (secondary N) is 1. The van der Waals surface area contributed by atoms with Crippen molar-refractivity contribution < 1.29 is 23.0 Å². The molecule has 1 aliphatic rings. The zero-order valence-corrected chi connectivity index (χ0v) is 22.7. The average molecular weight is 538 g/mol. The highest BCUT2D eigenvalue weighted by molar-refractivity contribution is 5.92. The summed E-state index contributed by atoms with van der Waals surface area (Å²) in [6, 6.07) is 18.5. The fourth-order valence-electron chi connectivity index (χ4n) is 5.06. The van der Waals surface area contributed by atoms with Crippen molar-refractivity contribution in [2.24, 2.45) is 0 Å². The maximum atomic E-state index is 13.5. The Balaban J connectivity index is 1.21. The number of amides is 1. The van der Waals surface area contributed by atoms with E-state index in [1.165, 1.54) is 24.3 Å². The number of anilines is 1. The lowest BCUT2D eigenvalue weighted by atomic mass is 9.87. The molecule has 0 bridgehead atoms. The van der Waals surface area contributed by atoms with Crippen molar-refractivity contribution in [1.82, 2.24) is 9.80 Å². The maximum absolute atomic E-state index is 13.5. The van der Waals surface area contributed by atoms with Gasteiger partial charge in [0.05, 0.1) is 19.9 Å². The quantitative estimate of drug-likeness (QED) is 0.329. The number of carbonyl (C=O) groups excluding carboxylic acids is 1. The predicted molar refractivity (Wildman–Crippen MR) is 150 cm³/mol. The van der Waals surface area contributed by atoms with Crippen molar-refractivity contribution in [2.45, 2.75) is 25.2 Å². The Morgan fingerprint density at radius 3 is 1.92 bits per heavy atom. The molecule has 1 aliphatic heterocycles. The van der Waals surface area contributed by atoms with Crippen molar-refractivity contribution in [3.63, 3.8) is 0 Å². The molecule has 0 aliphatic carbocycles. The standard InChI is InChI=1S/C31H37F2N3O3/c1-38-27-13-14-30(39-2)29(22-27)34-31(37)15-17-36-20-18-35(19-21-36)16-3-4-28(23-5-9-25(32)10-6-23)24-7-11-26(33)12-8-24/h5-14,22,28H,3-4,15-21H2,1-2H3,(H,34,37). The van der Waals surface area contributed by atoms with Crippen LogP contribution in [0.15, 0.2) is 66.7 Å². The molecule has 0 radical (unpaired) electrons. The lowest BCUT2D eigenvalue weighted by Gasteiger charge is -2.34. The van der Waals surface area contributed by atoms with E-state index in [0.717, 1.165) is 56.7 Å². The second kappa shape index (κ2) is 14.1. The SMILES string of the molecule is COc1ccc(OC)c(NC(=O)CCN2CCN(CCCC(c3ccc(F)cc3)c3ccc(F)cc3)CC2)c1. The highest BCUT2D eigenvalue weighted by atomic mass is 19.1. The number of halogens is 2. The molecule has 1 amide bonds. The van der Waals surface area contributed by atoms with Crippen LogP contribution < -0.4 is 14.8 Å². The van der Waals surface area contributed by atoms with Gasteiger partial charge in [0, 0.05) is 51.1 Å². The van der Waals surface area contributed by atoms with Gasteiger partial charge in [-0.2, -0.15) is 0 Å². The predicted octanol–water partition coefficient (Wildman–Crippen LogP) is 5.54. The van der Waals surface area contributed by atoms with Crippen molar-refractivity contribution in [3.05, 3.63) is 89.5 Å². The van der Waals surface area contributed by atoms with Crippen LogP contribution in [-0.2, 0) is 4.79 Å². The summed E-state index contributed by atoms with van der Waals surface area (Å²) in [5.74, 6) is 0.771.